The Kier molecular flexibility index (Phi) is 2.44. The van der Waals surface area contributed by atoms with E-state index in [-0.39, 0.29) is 12.4 Å². The van der Waals surface area contributed by atoms with Gasteiger partial charge in [0, 0.05) is 23.0 Å². The molecule has 0 saturated carbocycles. The molecule has 3 rings (SSSR count). The zero-order chi connectivity index (χ0) is 12.7. The van der Waals surface area contributed by atoms with Crippen LogP contribution in [0.25, 0.3) is 10.9 Å². The van der Waals surface area contributed by atoms with Gasteiger partial charge in [-0.3, -0.25) is 9.59 Å². The van der Waals surface area contributed by atoms with E-state index in [0.29, 0.717) is 12.1 Å². The predicted molar refractivity (Wildman–Crippen MR) is 66.4 cm³/mol. The number of hydrogen-bond donors (Lipinski definition) is 1. The highest BCUT2D eigenvalue weighted by atomic mass is 16.5. The van der Waals surface area contributed by atoms with Gasteiger partial charge in [-0.1, -0.05) is 18.2 Å². The third-order valence-corrected chi connectivity index (χ3v) is 3.33. The molecule has 0 fully saturated rings. The van der Waals surface area contributed by atoms with Crippen molar-refractivity contribution < 1.29 is 14.3 Å². The fourth-order valence-corrected chi connectivity index (χ4v) is 2.57. The lowest BCUT2D eigenvalue weighted by molar-refractivity contribution is -0.147. The maximum atomic E-state index is 11.9. The number of fused-ring (bicyclic) bond motifs is 3. The Labute approximate surface area is 104 Å². The number of Topliss-reactive ketones (excluding diaryl/α,β-unsaturated/α-hetero) is 1. The van der Waals surface area contributed by atoms with Crippen molar-refractivity contribution in [2.75, 3.05) is 6.61 Å². The zero-order valence-electron chi connectivity index (χ0n) is 10.0. The maximum Gasteiger partial charge on any atom is 0.322 e. The van der Waals surface area contributed by atoms with E-state index in [0.717, 1.165) is 16.5 Å². The highest BCUT2D eigenvalue weighted by molar-refractivity contribution is 6.11. The fourth-order valence-electron chi connectivity index (χ4n) is 2.57. The number of rotatable bonds is 2. The number of para-hydroxylation sites is 1. The van der Waals surface area contributed by atoms with E-state index in [1.54, 1.807) is 6.92 Å². The number of esters is 1. The summed E-state index contributed by atoms with van der Waals surface area (Å²) in [7, 11) is 0. The Morgan fingerprint density at radius 3 is 3.00 bits per heavy atom. The molecule has 1 aliphatic carbocycles. The lowest BCUT2D eigenvalue weighted by Gasteiger charge is -2.07. The first-order valence-electron chi connectivity index (χ1n) is 6.01. The van der Waals surface area contributed by atoms with Gasteiger partial charge in [-0.25, -0.2) is 0 Å². The van der Waals surface area contributed by atoms with Gasteiger partial charge in [0.25, 0.3) is 0 Å². The molecule has 2 aromatic rings. The van der Waals surface area contributed by atoms with Gasteiger partial charge in [-0.15, -0.1) is 0 Å². The first-order valence-corrected chi connectivity index (χ1v) is 6.01. The summed E-state index contributed by atoms with van der Waals surface area (Å²) in [5.41, 5.74) is 2.61. The Morgan fingerprint density at radius 2 is 2.22 bits per heavy atom. The molecule has 1 atom stereocenters. The van der Waals surface area contributed by atoms with Gasteiger partial charge in [0.1, 0.15) is 0 Å². The molecule has 0 radical (unpaired) electrons. The molecule has 1 aromatic heterocycles. The van der Waals surface area contributed by atoms with Crippen LogP contribution in [0.3, 0.4) is 0 Å². The molecule has 0 amide bonds. The number of ether oxygens (including phenoxy) is 1. The summed E-state index contributed by atoms with van der Waals surface area (Å²) in [5.74, 6) is -1.30. The van der Waals surface area contributed by atoms with Crippen LogP contribution < -0.4 is 0 Å². The summed E-state index contributed by atoms with van der Waals surface area (Å²) in [4.78, 5) is 26.9. The van der Waals surface area contributed by atoms with Crippen LogP contribution in [0, 0.1) is 0 Å². The Bertz CT molecular complexity index is 642. The van der Waals surface area contributed by atoms with Crippen molar-refractivity contribution in [2.45, 2.75) is 19.3 Å². The highest BCUT2D eigenvalue weighted by Crippen LogP contribution is 2.36. The molecule has 1 N–H and O–H groups in total. The minimum atomic E-state index is -0.771. The van der Waals surface area contributed by atoms with Crippen molar-refractivity contribution in [1.29, 1.82) is 0 Å². The van der Waals surface area contributed by atoms with Gasteiger partial charge in [0.05, 0.1) is 6.61 Å². The van der Waals surface area contributed by atoms with E-state index in [1.807, 2.05) is 24.3 Å². The van der Waals surface area contributed by atoms with Crippen LogP contribution in [0.2, 0.25) is 0 Å². The molecule has 4 heteroatoms. The lowest BCUT2D eigenvalue weighted by atomic mass is 10.1. The van der Waals surface area contributed by atoms with Crippen molar-refractivity contribution in [1.82, 2.24) is 4.98 Å². The third-order valence-electron chi connectivity index (χ3n) is 3.33. The number of hydrogen-bond acceptors (Lipinski definition) is 3. The van der Waals surface area contributed by atoms with E-state index >= 15 is 0 Å². The van der Waals surface area contributed by atoms with Gasteiger partial charge in [-0.2, -0.15) is 0 Å². The zero-order valence-corrected chi connectivity index (χ0v) is 10.0. The topological polar surface area (TPSA) is 59.2 Å². The van der Waals surface area contributed by atoms with Crippen molar-refractivity contribution >= 4 is 22.7 Å². The van der Waals surface area contributed by atoms with Gasteiger partial charge >= 0.3 is 5.97 Å². The van der Waals surface area contributed by atoms with Gasteiger partial charge in [0.2, 0.25) is 0 Å². The summed E-state index contributed by atoms with van der Waals surface area (Å²) < 4.78 is 4.97. The van der Waals surface area contributed by atoms with E-state index in [1.165, 1.54) is 0 Å². The van der Waals surface area contributed by atoms with Crippen LogP contribution in [-0.4, -0.2) is 23.3 Å². The summed E-state index contributed by atoms with van der Waals surface area (Å²) in [6, 6.07) is 7.76. The predicted octanol–water partition coefficient (Wildman–Crippen LogP) is 1.94. The third kappa shape index (κ3) is 1.45. The number of aromatic amines is 1. The molecular weight excluding hydrogens is 230 g/mol. The lowest BCUT2D eigenvalue weighted by Crippen LogP contribution is -2.20. The average molecular weight is 243 g/mol. The molecule has 1 aliphatic rings. The van der Waals surface area contributed by atoms with Gasteiger partial charge < -0.3 is 9.72 Å². The van der Waals surface area contributed by atoms with E-state index < -0.39 is 11.9 Å². The minimum Gasteiger partial charge on any atom is -0.465 e. The molecule has 0 saturated heterocycles. The largest absolute Gasteiger partial charge is 0.465 e. The number of carbonyl (C=O) groups excluding carboxylic acids is 2. The number of carbonyl (C=O) groups is 2. The molecule has 4 nitrogen and oxygen atoms in total. The molecule has 92 valence electrons. The number of nitrogens with one attached hydrogen (secondary N) is 1. The number of ketones is 1. The van der Waals surface area contributed by atoms with Crippen LogP contribution in [0.15, 0.2) is 24.3 Å². The number of aromatic nitrogens is 1. The molecular formula is C14H13NO3. The fraction of sp³-hybridized carbons (Fsp3) is 0.286. The quantitative estimate of drug-likeness (QED) is 0.647. The Hall–Kier alpha value is -2.10. The van der Waals surface area contributed by atoms with Crippen molar-refractivity contribution in [3.8, 4) is 0 Å². The summed E-state index contributed by atoms with van der Waals surface area (Å²) in [5, 5.41) is 1.02. The van der Waals surface area contributed by atoms with Crippen molar-refractivity contribution in [3.05, 3.63) is 35.5 Å². The average Bonchev–Trinajstić information content (AvgIpc) is 2.84. The van der Waals surface area contributed by atoms with E-state index in [2.05, 4.69) is 4.98 Å². The summed E-state index contributed by atoms with van der Waals surface area (Å²) in [6.45, 7) is 2.03. The van der Waals surface area contributed by atoms with E-state index in [9.17, 15) is 9.59 Å². The van der Waals surface area contributed by atoms with Crippen LogP contribution in [-0.2, 0) is 20.7 Å². The number of benzene rings is 1. The molecule has 1 heterocycles. The van der Waals surface area contributed by atoms with Crippen LogP contribution in [0.5, 0.6) is 0 Å². The monoisotopic (exact) mass is 243 g/mol. The summed E-state index contributed by atoms with van der Waals surface area (Å²) in [6.07, 6.45) is 0.308. The second-order valence-electron chi connectivity index (χ2n) is 4.39. The molecule has 0 bridgehead atoms. The minimum absolute atomic E-state index is 0.0829. The first-order chi connectivity index (χ1) is 8.72. The molecule has 0 aliphatic heterocycles. The van der Waals surface area contributed by atoms with Crippen molar-refractivity contribution in [2.24, 2.45) is 0 Å². The molecule has 18 heavy (non-hydrogen) atoms. The Balaban J connectivity index is 2.11. The summed E-state index contributed by atoms with van der Waals surface area (Å²) >= 11 is 0. The molecule has 0 spiro atoms. The van der Waals surface area contributed by atoms with Gasteiger partial charge in [-0.05, 0) is 18.6 Å². The standard InChI is InChI=1S/C14H13NO3/c1-2-18-14(17)12-11(16)7-9-8-5-3-4-6-10(8)15-13(9)12/h3-6,12,15H,2,7H2,1H3. The van der Waals surface area contributed by atoms with Crippen LogP contribution in [0.1, 0.15) is 24.1 Å². The highest BCUT2D eigenvalue weighted by Gasteiger charge is 2.39. The van der Waals surface area contributed by atoms with Crippen LogP contribution >= 0.6 is 0 Å². The van der Waals surface area contributed by atoms with Crippen molar-refractivity contribution in [3.63, 3.8) is 0 Å². The maximum absolute atomic E-state index is 11.9. The SMILES string of the molecule is CCOC(=O)C1C(=O)Cc2c1[nH]c1ccccc21. The second-order valence-corrected chi connectivity index (χ2v) is 4.39. The smallest absolute Gasteiger partial charge is 0.322 e. The van der Waals surface area contributed by atoms with Gasteiger partial charge in [0.15, 0.2) is 11.7 Å². The first kappa shape index (κ1) is 11.0. The molecule has 1 unspecified atom stereocenters. The number of H-pyrrole nitrogens is 1. The van der Waals surface area contributed by atoms with Crippen LogP contribution in [0.4, 0.5) is 0 Å². The molecule has 1 aromatic carbocycles. The normalized spacial score (nSPS) is 18.1. The Morgan fingerprint density at radius 1 is 1.44 bits per heavy atom. The second kappa shape index (κ2) is 3.98. The van der Waals surface area contributed by atoms with E-state index in [4.69, 9.17) is 4.74 Å².